The predicted molar refractivity (Wildman–Crippen MR) is 81.6 cm³/mol. The van der Waals surface area contributed by atoms with Crippen molar-refractivity contribution in [2.45, 2.75) is 24.5 Å². The third kappa shape index (κ3) is 3.76. The average molecular weight is 303 g/mol. The first-order valence-electron chi connectivity index (χ1n) is 6.50. The van der Waals surface area contributed by atoms with Crippen molar-refractivity contribution < 1.29 is 13.7 Å². The van der Waals surface area contributed by atoms with Gasteiger partial charge in [0.2, 0.25) is 0 Å². The number of hydrogen-bond donors (Lipinski definition) is 0. The Kier molecular flexibility index (Phi) is 4.85. The molecule has 5 heteroatoms. The monoisotopic (exact) mass is 303 g/mol. The van der Waals surface area contributed by atoms with E-state index in [0.29, 0.717) is 17.0 Å². The number of carbonyl (C=O) groups is 1. The Hall–Kier alpha value is -2.01. The van der Waals surface area contributed by atoms with Crippen LogP contribution in [0, 0.1) is 13.8 Å². The lowest BCUT2D eigenvalue weighted by Gasteiger charge is -2.07. The van der Waals surface area contributed by atoms with E-state index in [0.717, 1.165) is 16.0 Å². The first kappa shape index (κ1) is 15.4. The summed E-state index contributed by atoms with van der Waals surface area (Å²) in [6, 6.07) is 9.24. The van der Waals surface area contributed by atoms with Crippen molar-refractivity contribution in [3.63, 3.8) is 0 Å². The second-order valence-electron chi connectivity index (χ2n) is 4.79. The summed E-state index contributed by atoms with van der Waals surface area (Å²) in [5.41, 5.74) is 3.16. The molecule has 0 aliphatic rings. The first-order chi connectivity index (χ1) is 10.0. The summed E-state index contributed by atoms with van der Waals surface area (Å²) in [6.45, 7) is 3.92. The standard InChI is InChI=1S/C16H17NO3S/c1-11-4-5-12(2)15(8-11)21(19)10-14-7-6-13(9-17-14)16(18)20-3/h4-9H,10H2,1-3H3. The number of nitrogens with zero attached hydrogens (tertiary/aromatic N) is 1. The molecule has 1 heterocycles. The summed E-state index contributed by atoms with van der Waals surface area (Å²) in [5, 5.41) is 0. The van der Waals surface area contributed by atoms with Crippen LogP contribution >= 0.6 is 0 Å². The van der Waals surface area contributed by atoms with E-state index in [9.17, 15) is 9.00 Å². The van der Waals surface area contributed by atoms with Gasteiger partial charge in [-0.15, -0.1) is 0 Å². The van der Waals surface area contributed by atoms with Crippen molar-refractivity contribution in [2.24, 2.45) is 0 Å². The van der Waals surface area contributed by atoms with Crippen LogP contribution in [-0.4, -0.2) is 22.3 Å². The molecule has 0 saturated heterocycles. The fourth-order valence-electron chi connectivity index (χ4n) is 1.91. The zero-order valence-electron chi connectivity index (χ0n) is 12.3. The molecule has 0 saturated carbocycles. The van der Waals surface area contributed by atoms with E-state index in [-0.39, 0.29) is 0 Å². The molecule has 1 unspecified atom stereocenters. The molecular formula is C16H17NO3S. The van der Waals surface area contributed by atoms with Gasteiger partial charge in [0, 0.05) is 11.1 Å². The van der Waals surface area contributed by atoms with Crippen molar-refractivity contribution in [3.8, 4) is 0 Å². The van der Waals surface area contributed by atoms with Crippen LogP contribution in [0.25, 0.3) is 0 Å². The molecule has 0 aliphatic heterocycles. The molecule has 0 bridgehead atoms. The van der Waals surface area contributed by atoms with Gasteiger partial charge >= 0.3 is 5.97 Å². The van der Waals surface area contributed by atoms with Crippen molar-refractivity contribution in [2.75, 3.05) is 7.11 Å². The van der Waals surface area contributed by atoms with E-state index < -0.39 is 16.8 Å². The van der Waals surface area contributed by atoms with Gasteiger partial charge < -0.3 is 4.74 Å². The minimum atomic E-state index is -1.15. The van der Waals surface area contributed by atoms with Crippen molar-refractivity contribution in [1.29, 1.82) is 0 Å². The molecule has 2 aromatic rings. The van der Waals surface area contributed by atoms with E-state index in [1.807, 2.05) is 32.0 Å². The molecule has 0 N–H and O–H groups in total. The number of esters is 1. The van der Waals surface area contributed by atoms with Crippen molar-refractivity contribution in [1.82, 2.24) is 4.98 Å². The molecule has 1 aromatic carbocycles. The van der Waals surface area contributed by atoms with Gasteiger partial charge in [-0.05, 0) is 43.2 Å². The molecule has 0 amide bonds. The largest absolute Gasteiger partial charge is 0.465 e. The molecule has 21 heavy (non-hydrogen) atoms. The highest BCUT2D eigenvalue weighted by molar-refractivity contribution is 7.84. The summed E-state index contributed by atoms with van der Waals surface area (Å²) in [5.74, 6) is -0.101. The number of ether oxygens (including phenoxy) is 1. The Labute approximate surface area is 126 Å². The summed E-state index contributed by atoms with van der Waals surface area (Å²) in [4.78, 5) is 16.3. The SMILES string of the molecule is COC(=O)c1ccc(CS(=O)c2cc(C)ccc2C)nc1. The molecule has 0 fully saturated rings. The molecule has 0 radical (unpaired) electrons. The maximum absolute atomic E-state index is 12.4. The first-order valence-corrected chi connectivity index (χ1v) is 7.82. The summed E-state index contributed by atoms with van der Waals surface area (Å²) in [7, 11) is 0.171. The Morgan fingerprint density at radius 1 is 1.24 bits per heavy atom. The van der Waals surface area contributed by atoms with E-state index in [4.69, 9.17) is 0 Å². The number of carbonyl (C=O) groups excluding carboxylic acids is 1. The number of methoxy groups -OCH3 is 1. The van der Waals surface area contributed by atoms with Gasteiger partial charge in [0.15, 0.2) is 0 Å². The topological polar surface area (TPSA) is 56.3 Å². The van der Waals surface area contributed by atoms with Crippen LogP contribution in [0.15, 0.2) is 41.4 Å². The van der Waals surface area contributed by atoms with Gasteiger partial charge in [0.25, 0.3) is 0 Å². The zero-order chi connectivity index (χ0) is 15.4. The highest BCUT2D eigenvalue weighted by Gasteiger charge is 2.11. The molecule has 2 rings (SSSR count). The van der Waals surface area contributed by atoms with Crippen LogP contribution in [0.5, 0.6) is 0 Å². The third-order valence-corrected chi connectivity index (χ3v) is 4.60. The van der Waals surface area contributed by atoms with Crippen molar-refractivity contribution in [3.05, 3.63) is 58.9 Å². The fourth-order valence-corrected chi connectivity index (χ4v) is 3.25. The van der Waals surface area contributed by atoms with Gasteiger partial charge in [0.05, 0.1) is 34.9 Å². The van der Waals surface area contributed by atoms with Gasteiger partial charge in [0.1, 0.15) is 0 Å². The number of pyridine rings is 1. The summed E-state index contributed by atoms with van der Waals surface area (Å²) in [6.07, 6.45) is 1.45. The summed E-state index contributed by atoms with van der Waals surface area (Å²) >= 11 is 0. The Morgan fingerprint density at radius 3 is 2.62 bits per heavy atom. The second-order valence-corrected chi connectivity index (χ2v) is 6.21. The lowest BCUT2D eigenvalue weighted by molar-refractivity contribution is 0.0600. The number of rotatable bonds is 4. The maximum atomic E-state index is 12.4. The van der Waals surface area contributed by atoms with Crippen LogP contribution in [-0.2, 0) is 21.3 Å². The van der Waals surface area contributed by atoms with Gasteiger partial charge in [-0.2, -0.15) is 0 Å². The Bertz CT molecular complexity index is 680. The normalized spacial score (nSPS) is 12.0. The molecule has 1 atom stereocenters. The Morgan fingerprint density at radius 2 is 2.00 bits per heavy atom. The smallest absolute Gasteiger partial charge is 0.339 e. The zero-order valence-corrected chi connectivity index (χ0v) is 13.1. The number of benzene rings is 1. The number of aromatic nitrogens is 1. The predicted octanol–water partition coefficient (Wildman–Crippen LogP) is 2.79. The second kappa shape index (κ2) is 6.63. The quantitative estimate of drug-likeness (QED) is 0.815. The Balaban J connectivity index is 2.16. The molecule has 1 aromatic heterocycles. The van der Waals surface area contributed by atoms with Crippen LogP contribution < -0.4 is 0 Å². The third-order valence-electron chi connectivity index (χ3n) is 3.11. The van der Waals surface area contributed by atoms with Crippen LogP contribution in [0.2, 0.25) is 0 Å². The van der Waals surface area contributed by atoms with Gasteiger partial charge in [-0.25, -0.2) is 4.79 Å². The van der Waals surface area contributed by atoms with Crippen LogP contribution in [0.4, 0.5) is 0 Å². The molecule has 4 nitrogen and oxygen atoms in total. The number of aryl methyl sites for hydroxylation is 2. The minimum absolute atomic E-state index is 0.325. The summed E-state index contributed by atoms with van der Waals surface area (Å²) < 4.78 is 17.1. The van der Waals surface area contributed by atoms with Crippen LogP contribution in [0.3, 0.4) is 0 Å². The molecule has 110 valence electrons. The van der Waals surface area contributed by atoms with Gasteiger partial charge in [-0.3, -0.25) is 9.19 Å². The van der Waals surface area contributed by atoms with Gasteiger partial charge in [-0.1, -0.05) is 12.1 Å². The fraction of sp³-hybridized carbons (Fsp3) is 0.250. The van der Waals surface area contributed by atoms with E-state index in [1.54, 1.807) is 12.1 Å². The minimum Gasteiger partial charge on any atom is -0.465 e. The average Bonchev–Trinajstić information content (AvgIpc) is 2.49. The van der Waals surface area contributed by atoms with E-state index >= 15 is 0 Å². The number of hydrogen-bond acceptors (Lipinski definition) is 4. The lowest BCUT2D eigenvalue weighted by Crippen LogP contribution is -2.04. The highest BCUT2D eigenvalue weighted by atomic mass is 32.2. The molecule has 0 aliphatic carbocycles. The van der Waals surface area contributed by atoms with E-state index in [2.05, 4.69) is 9.72 Å². The molecule has 0 spiro atoms. The maximum Gasteiger partial charge on any atom is 0.339 e. The lowest BCUT2D eigenvalue weighted by atomic mass is 10.2. The van der Waals surface area contributed by atoms with Crippen LogP contribution in [0.1, 0.15) is 27.2 Å². The molecular weight excluding hydrogens is 286 g/mol. The van der Waals surface area contributed by atoms with Crippen molar-refractivity contribution >= 4 is 16.8 Å². The van der Waals surface area contributed by atoms with E-state index in [1.165, 1.54) is 13.3 Å². The highest BCUT2D eigenvalue weighted by Crippen LogP contribution is 2.17.